The molecule has 0 atom stereocenters. The number of nitrogens with zero attached hydrogens (tertiary/aromatic N) is 5. The van der Waals surface area contributed by atoms with E-state index in [9.17, 15) is 4.79 Å². The summed E-state index contributed by atoms with van der Waals surface area (Å²) in [7, 11) is 5.69. The molecule has 0 bridgehead atoms. The molecule has 1 aromatic heterocycles. The summed E-state index contributed by atoms with van der Waals surface area (Å²) in [5, 5.41) is 3.20. The van der Waals surface area contributed by atoms with E-state index in [0.717, 1.165) is 43.3 Å². The number of hydrogen-bond acceptors (Lipinski definition) is 7. The fourth-order valence-electron chi connectivity index (χ4n) is 3.27. The quantitative estimate of drug-likeness (QED) is 0.761. The SMILES string of the molecule is COc1ccc(N2CCN(C(=O)c3cc(C)nc(NCCN(C)C)n3)CC2)cc1. The molecule has 0 aliphatic carbocycles. The van der Waals surface area contributed by atoms with Gasteiger partial charge in [-0.15, -0.1) is 0 Å². The molecule has 29 heavy (non-hydrogen) atoms. The van der Waals surface area contributed by atoms with Crippen molar-refractivity contribution < 1.29 is 9.53 Å². The summed E-state index contributed by atoms with van der Waals surface area (Å²) >= 11 is 0. The second kappa shape index (κ2) is 9.56. The van der Waals surface area contributed by atoms with Gasteiger partial charge >= 0.3 is 0 Å². The number of aromatic nitrogens is 2. The van der Waals surface area contributed by atoms with Gasteiger partial charge in [-0.25, -0.2) is 9.97 Å². The summed E-state index contributed by atoms with van der Waals surface area (Å²) in [6.45, 7) is 6.39. The van der Waals surface area contributed by atoms with Gasteiger partial charge in [0.2, 0.25) is 5.95 Å². The maximum atomic E-state index is 13.0. The van der Waals surface area contributed by atoms with Crippen molar-refractivity contribution in [2.45, 2.75) is 6.92 Å². The van der Waals surface area contributed by atoms with Gasteiger partial charge in [-0.1, -0.05) is 0 Å². The first-order chi connectivity index (χ1) is 14.0. The molecule has 156 valence electrons. The Labute approximate surface area is 172 Å². The number of carbonyl (C=O) groups excluding carboxylic acids is 1. The molecule has 2 aromatic rings. The Balaban J connectivity index is 1.60. The van der Waals surface area contributed by atoms with Crippen molar-refractivity contribution in [2.24, 2.45) is 0 Å². The van der Waals surface area contributed by atoms with E-state index in [2.05, 4.69) is 37.2 Å². The molecule has 1 aromatic carbocycles. The molecule has 1 amide bonds. The maximum absolute atomic E-state index is 13.0. The summed E-state index contributed by atoms with van der Waals surface area (Å²) in [5.74, 6) is 1.31. The second-order valence-corrected chi connectivity index (χ2v) is 7.43. The lowest BCUT2D eigenvalue weighted by Gasteiger charge is -2.36. The van der Waals surface area contributed by atoms with E-state index in [1.165, 1.54) is 0 Å². The third kappa shape index (κ3) is 5.57. The Morgan fingerprint density at radius 1 is 1.14 bits per heavy atom. The Kier molecular flexibility index (Phi) is 6.87. The Morgan fingerprint density at radius 3 is 2.45 bits per heavy atom. The molecule has 1 aliphatic heterocycles. The number of carbonyl (C=O) groups is 1. The topological polar surface area (TPSA) is 73.8 Å². The zero-order valence-corrected chi connectivity index (χ0v) is 17.7. The van der Waals surface area contributed by atoms with E-state index < -0.39 is 0 Å². The van der Waals surface area contributed by atoms with Crippen molar-refractivity contribution in [1.29, 1.82) is 0 Å². The van der Waals surface area contributed by atoms with Gasteiger partial charge in [-0.3, -0.25) is 4.79 Å². The average Bonchev–Trinajstić information content (AvgIpc) is 2.73. The number of methoxy groups -OCH3 is 1. The average molecular weight is 399 g/mol. The van der Waals surface area contributed by atoms with Crippen molar-refractivity contribution in [3.63, 3.8) is 0 Å². The number of nitrogens with one attached hydrogen (secondary N) is 1. The lowest BCUT2D eigenvalue weighted by atomic mass is 10.2. The van der Waals surface area contributed by atoms with E-state index in [1.807, 2.05) is 38.1 Å². The van der Waals surface area contributed by atoms with Gasteiger partial charge in [-0.2, -0.15) is 0 Å². The highest BCUT2D eigenvalue weighted by Crippen LogP contribution is 2.21. The molecular formula is C21H30N6O2. The molecule has 3 rings (SSSR count). The van der Waals surface area contributed by atoms with Crippen LogP contribution in [-0.4, -0.2) is 86.1 Å². The fraction of sp³-hybridized carbons (Fsp3) is 0.476. The third-order valence-corrected chi connectivity index (χ3v) is 4.92. The monoisotopic (exact) mass is 398 g/mol. The fourth-order valence-corrected chi connectivity index (χ4v) is 3.27. The lowest BCUT2D eigenvalue weighted by molar-refractivity contribution is 0.0740. The van der Waals surface area contributed by atoms with Crippen molar-refractivity contribution in [1.82, 2.24) is 19.8 Å². The molecule has 0 radical (unpaired) electrons. The predicted molar refractivity (Wildman–Crippen MR) is 115 cm³/mol. The van der Waals surface area contributed by atoms with Crippen LogP contribution in [0.3, 0.4) is 0 Å². The van der Waals surface area contributed by atoms with Crippen LogP contribution < -0.4 is 15.0 Å². The first-order valence-electron chi connectivity index (χ1n) is 9.89. The summed E-state index contributed by atoms with van der Waals surface area (Å²) in [6, 6.07) is 9.78. The van der Waals surface area contributed by atoms with Gasteiger partial charge in [0.15, 0.2) is 0 Å². The summed E-state index contributed by atoms with van der Waals surface area (Å²) in [5.41, 5.74) is 2.37. The Morgan fingerprint density at radius 2 is 1.83 bits per heavy atom. The highest BCUT2D eigenvalue weighted by molar-refractivity contribution is 5.92. The largest absolute Gasteiger partial charge is 0.497 e. The van der Waals surface area contributed by atoms with E-state index >= 15 is 0 Å². The van der Waals surface area contributed by atoms with Gasteiger partial charge in [0.25, 0.3) is 5.91 Å². The Bertz CT molecular complexity index is 816. The van der Waals surface area contributed by atoms with E-state index in [0.29, 0.717) is 24.7 Å². The summed E-state index contributed by atoms with van der Waals surface area (Å²) in [6.07, 6.45) is 0. The van der Waals surface area contributed by atoms with Gasteiger partial charge in [0.1, 0.15) is 11.4 Å². The van der Waals surface area contributed by atoms with Gasteiger partial charge < -0.3 is 24.8 Å². The normalized spacial score (nSPS) is 14.2. The van der Waals surface area contributed by atoms with Crippen molar-refractivity contribution >= 4 is 17.5 Å². The minimum Gasteiger partial charge on any atom is -0.497 e. The Hall–Kier alpha value is -2.87. The smallest absolute Gasteiger partial charge is 0.272 e. The number of piperazine rings is 1. The number of aryl methyl sites for hydroxylation is 1. The number of ether oxygens (including phenoxy) is 1. The molecule has 1 N–H and O–H groups in total. The van der Waals surface area contributed by atoms with Crippen LogP contribution >= 0.6 is 0 Å². The molecule has 8 nitrogen and oxygen atoms in total. The summed E-state index contributed by atoms with van der Waals surface area (Å²) in [4.78, 5) is 28.0. The van der Waals surface area contributed by atoms with E-state index in [1.54, 1.807) is 13.2 Å². The first-order valence-corrected chi connectivity index (χ1v) is 9.89. The highest BCUT2D eigenvalue weighted by atomic mass is 16.5. The molecule has 1 fully saturated rings. The van der Waals surface area contributed by atoms with E-state index in [4.69, 9.17) is 4.74 Å². The van der Waals surface area contributed by atoms with Gasteiger partial charge in [0.05, 0.1) is 7.11 Å². The van der Waals surface area contributed by atoms with Crippen LogP contribution in [0.5, 0.6) is 5.75 Å². The third-order valence-electron chi connectivity index (χ3n) is 4.92. The van der Waals surface area contributed by atoms with Crippen LogP contribution in [0.2, 0.25) is 0 Å². The van der Waals surface area contributed by atoms with Crippen molar-refractivity contribution in [3.8, 4) is 5.75 Å². The molecule has 0 unspecified atom stereocenters. The number of hydrogen-bond donors (Lipinski definition) is 1. The van der Waals surface area contributed by atoms with Crippen LogP contribution in [0.15, 0.2) is 30.3 Å². The van der Waals surface area contributed by atoms with E-state index in [-0.39, 0.29) is 5.91 Å². The predicted octanol–water partition coefficient (Wildman–Crippen LogP) is 1.73. The minimum atomic E-state index is -0.0412. The number of amides is 1. The highest BCUT2D eigenvalue weighted by Gasteiger charge is 2.24. The molecular weight excluding hydrogens is 368 g/mol. The summed E-state index contributed by atoms with van der Waals surface area (Å²) < 4.78 is 5.22. The number of benzene rings is 1. The molecule has 2 heterocycles. The van der Waals surface area contributed by atoms with Crippen molar-refractivity contribution in [2.75, 3.05) is 70.7 Å². The van der Waals surface area contributed by atoms with Crippen LogP contribution in [0.1, 0.15) is 16.2 Å². The maximum Gasteiger partial charge on any atom is 0.272 e. The van der Waals surface area contributed by atoms with Gasteiger partial charge in [-0.05, 0) is 51.4 Å². The molecule has 0 spiro atoms. The zero-order chi connectivity index (χ0) is 20.8. The minimum absolute atomic E-state index is 0.0412. The second-order valence-electron chi connectivity index (χ2n) is 7.43. The van der Waals surface area contributed by atoms with Crippen LogP contribution in [0.4, 0.5) is 11.6 Å². The molecule has 0 saturated carbocycles. The number of anilines is 2. The number of likely N-dealkylation sites (N-methyl/N-ethyl adjacent to an activating group) is 1. The lowest BCUT2D eigenvalue weighted by Crippen LogP contribution is -2.49. The first kappa shape index (κ1) is 20.9. The van der Waals surface area contributed by atoms with Crippen LogP contribution in [-0.2, 0) is 0 Å². The van der Waals surface area contributed by atoms with Crippen molar-refractivity contribution in [3.05, 3.63) is 41.7 Å². The van der Waals surface area contributed by atoms with Gasteiger partial charge in [0, 0.05) is 50.6 Å². The van der Waals surface area contributed by atoms with Crippen LogP contribution in [0.25, 0.3) is 0 Å². The zero-order valence-electron chi connectivity index (χ0n) is 17.7. The van der Waals surface area contributed by atoms with Crippen LogP contribution in [0, 0.1) is 6.92 Å². The number of rotatable bonds is 7. The molecule has 8 heteroatoms. The molecule has 1 aliphatic rings. The molecule has 1 saturated heterocycles. The standard InChI is InChI=1S/C21H30N6O2/c1-16-15-19(24-21(23-16)22-9-10-25(2)3)20(28)27-13-11-26(12-14-27)17-5-7-18(29-4)8-6-17/h5-8,15H,9-14H2,1-4H3,(H,22,23,24).